The van der Waals surface area contributed by atoms with E-state index in [9.17, 15) is 4.79 Å². The summed E-state index contributed by atoms with van der Waals surface area (Å²) in [6.07, 6.45) is 4.70. The van der Waals surface area contributed by atoms with Crippen LogP contribution in [0.2, 0.25) is 0 Å². The molecule has 0 bridgehead atoms. The van der Waals surface area contributed by atoms with Crippen LogP contribution in [-0.2, 0) is 11.2 Å². The van der Waals surface area contributed by atoms with Crippen molar-refractivity contribution in [1.82, 2.24) is 0 Å². The zero-order chi connectivity index (χ0) is 15.6. The van der Waals surface area contributed by atoms with Gasteiger partial charge in [-0.1, -0.05) is 13.3 Å². The zero-order valence-corrected chi connectivity index (χ0v) is 13.8. The number of hydrogen-bond donors (Lipinski definition) is 0. The first-order valence-corrected chi connectivity index (χ1v) is 7.84. The Balaban J connectivity index is 2.42. The number of unbranched alkanes of at least 4 members (excludes halogenated alkanes) is 1. The fourth-order valence-electron chi connectivity index (χ4n) is 2.87. The number of carbonyl (C=O) groups is 1. The Morgan fingerprint density at radius 2 is 1.95 bits per heavy atom. The van der Waals surface area contributed by atoms with E-state index in [-0.39, 0.29) is 0 Å². The van der Waals surface area contributed by atoms with E-state index in [1.165, 1.54) is 5.56 Å². The quantitative estimate of drug-likeness (QED) is 0.605. The first-order chi connectivity index (χ1) is 9.93. The van der Waals surface area contributed by atoms with Crippen LogP contribution in [0.15, 0.2) is 0 Å². The van der Waals surface area contributed by atoms with Crippen molar-refractivity contribution in [3.8, 4) is 11.5 Å². The van der Waals surface area contributed by atoms with Crippen molar-refractivity contribution >= 4 is 6.29 Å². The molecule has 1 atom stereocenters. The highest BCUT2D eigenvalue weighted by Crippen LogP contribution is 2.43. The molecule has 1 aromatic carbocycles. The molecule has 3 heteroatoms. The average Bonchev–Trinajstić information content (AvgIpc) is 2.48. The van der Waals surface area contributed by atoms with Gasteiger partial charge < -0.3 is 9.47 Å². The maximum atomic E-state index is 11.3. The molecule has 0 aromatic heterocycles. The third-order valence-electron chi connectivity index (χ3n) is 4.51. The monoisotopic (exact) mass is 290 g/mol. The molecular formula is C18H26O3. The van der Waals surface area contributed by atoms with E-state index >= 15 is 0 Å². The summed E-state index contributed by atoms with van der Waals surface area (Å²) in [4.78, 5) is 11.3. The number of hydrogen-bond acceptors (Lipinski definition) is 3. The van der Waals surface area contributed by atoms with E-state index in [4.69, 9.17) is 9.47 Å². The number of carbonyl (C=O) groups excluding carboxylic acids is 1. The molecule has 3 nitrogen and oxygen atoms in total. The van der Waals surface area contributed by atoms with Crippen molar-refractivity contribution in [3.63, 3.8) is 0 Å². The minimum Gasteiger partial charge on any atom is -0.493 e. The number of aldehydes is 1. The lowest BCUT2D eigenvalue weighted by Gasteiger charge is -2.34. The smallest absolute Gasteiger partial charge is 0.163 e. The van der Waals surface area contributed by atoms with Crippen molar-refractivity contribution in [3.05, 3.63) is 22.3 Å². The lowest BCUT2D eigenvalue weighted by atomic mass is 9.88. The predicted octanol–water partition coefficient (Wildman–Crippen LogP) is 4.07. The lowest BCUT2D eigenvalue weighted by Crippen LogP contribution is -2.38. The molecule has 0 aliphatic carbocycles. The molecule has 1 aromatic rings. The summed E-state index contributed by atoms with van der Waals surface area (Å²) in [5, 5.41) is 0. The van der Waals surface area contributed by atoms with Gasteiger partial charge in [0.2, 0.25) is 0 Å². The Hall–Kier alpha value is -1.51. The Morgan fingerprint density at radius 3 is 2.57 bits per heavy atom. The van der Waals surface area contributed by atoms with Gasteiger partial charge in [-0.2, -0.15) is 0 Å². The molecule has 1 heterocycles. The Labute approximate surface area is 127 Å². The van der Waals surface area contributed by atoms with Gasteiger partial charge in [0, 0.05) is 5.56 Å². The van der Waals surface area contributed by atoms with Crippen LogP contribution in [0, 0.1) is 20.8 Å². The molecule has 1 aliphatic rings. The van der Waals surface area contributed by atoms with Crippen molar-refractivity contribution in [2.45, 2.75) is 65.9 Å². The molecule has 0 fully saturated rings. The molecule has 0 saturated heterocycles. The molecule has 0 radical (unpaired) electrons. The van der Waals surface area contributed by atoms with Gasteiger partial charge in [-0.3, -0.25) is 4.79 Å². The van der Waals surface area contributed by atoms with E-state index in [2.05, 4.69) is 27.7 Å². The highest BCUT2D eigenvalue weighted by Gasteiger charge is 2.34. The van der Waals surface area contributed by atoms with Gasteiger partial charge in [0.25, 0.3) is 0 Å². The zero-order valence-electron chi connectivity index (χ0n) is 13.8. The second-order valence-electron chi connectivity index (χ2n) is 6.25. The van der Waals surface area contributed by atoms with Gasteiger partial charge in [-0.25, -0.2) is 0 Å². The van der Waals surface area contributed by atoms with Crippen LogP contribution in [0.1, 0.15) is 55.4 Å². The summed E-state index contributed by atoms with van der Waals surface area (Å²) in [7, 11) is 0. The third kappa shape index (κ3) is 2.92. The third-order valence-corrected chi connectivity index (χ3v) is 4.51. The fourth-order valence-corrected chi connectivity index (χ4v) is 2.87. The second kappa shape index (κ2) is 6.08. The Kier molecular flexibility index (Phi) is 4.60. The Bertz CT molecular complexity index is 548. The number of fused-ring (bicyclic) bond motifs is 1. The molecule has 1 aliphatic heterocycles. The molecule has 0 unspecified atom stereocenters. The molecule has 116 valence electrons. The maximum Gasteiger partial charge on any atom is 0.163 e. The highest BCUT2D eigenvalue weighted by molar-refractivity contribution is 5.66. The van der Waals surface area contributed by atoms with Crippen LogP contribution in [-0.4, -0.2) is 18.5 Å². The summed E-state index contributed by atoms with van der Waals surface area (Å²) < 4.78 is 12.0. The number of ether oxygens (including phenoxy) is 2. The standard InChI is InChI=1S/C18H26O3/c1-6-7-10-20-16-12(2)13(3)17-15(14(16)4)8-9-18(5,11-19)21-17/h11H,6-10H2,1-5H3/t18-/m0/s1. The summed E-state index contributed by atoms with van der Waals surface area (Å²) in [5.74, 6) is 1.88. The van der Waals surface area contributed by atoms with E-state index < -0.39 is 5.60 Å². The van der Waals surface area contributed by atoms with E-state index in [0.29, 0.717) is 0 Å². The van der Waals surface area contributed by atoms with Gasteiger partial charge in [0.1, 0.15) is 11.5 Å². The highest BCUT2D eigenvalue weighted by atomic mass is 16.5. The predicted molar refractivity (Wildman–Crippen MR) is 84.5 cm³/mol. The summed E-state index contributed by atoms with van der Waals surface area (Å²) in [6.45, 7) is 11.0. The molecule has 0 amide bonds. The normalized spacial score (nSPS) is 20.6. The molecule has 21 heavy (non-hydrogen) atoms. The van der Waals surface area contributed by atoms with E-state index in [0.717, 1.165) is 66.8 Å². The number of benzene rings is 1. The lowest BCUT2D eigenvalue weighted by molar-refractivity contribution is -0.121. The van der Waals surface area contributed by atoms with Gasteiger partial charge in [-0.15, -0.1) is 0 Å². The van der Waals surface area contributed by atoms with Crippen LogP contribution in [0.4, 0.5) is 0 Å². The Morgan fingerprint density at radius 1 is 1.24 bits per heavy atom. The van der Waals surface area contributed by atoms with Crippen molar-refractivity contribution in [2.24, 2.45) is 0 Å². The summed E-state index contributed by atoms with van der Waals surface area (Å²) in [5.41, 5.74) is 3.88. The first-order valence-electron chi connectivity index (χ1n) is 7.84. The fraction of sp³-hybridized carbons (Fsp3) is 0.611. The number of rotatable bonds is 5. The average molecular weight is 290 g/mol. The maximum absolute atomic E-state index is 11.3. The van der Waals surface area contributed by atoms with Crippen LogP contribution in [0.25, 0.3) is 0 Å². The van der Waals surface area contributed by atoms with Crippen LogP contribution in [0.3, 0.4) is 0 Å². The van der Waals surface area contributed by atoms with Crippen molar-refractivity contribution < 1.29 is 14.3 Å². The van der Waals surface area contributed by atoms with Crippen LogP contribution >= 0.6 is 0 Å². The van der Waals surface area contributed by atoms with Gasteiger partial charge >= 0.3 is 0 Å². The molecule has 0 saturated carbocycles. The van der Waals surface area contributed by atoms with E-state index in [1.807, 2.05) is 6.92 Å². The van der Waals surface area contributed by atoms with Crippen molar-refractivity contribution in [1.29, 1.82) is 0 Å². The minimum absolute atomic E-state index is 0.693. The minimum atomic E-state index is -0.693. The second-order valence-corrected chi connectivity index (χ2v) is 6.25. The van der Waals surface area contributed by atoms with E-state index in [1.54, 1.807) is 0 Å². The molecule has 0 N–H and O–H groups in total. The van der Waals surface area contributed by atoms with Gasteiger partial charge in [0.05, 0.1) is 6.61 Å². The summed E-state index contributed by atoms with van der Waals surface area (Å²) >= 11 is 0. The van der Waals surface area contributed by atoms with Gasteiger partial charge in [0.15, 0.2) is 11.9 Å². The molecule has 0 spiro atoms. The molecule has 2 rings (SSSR count). The van der Waals surface area contributed by atoms with Crippen molar-refractivity contribution in [2.75, 3.05) is 6.61 Å². The topological polar surface area (TPSA) is 35.5 Å². The summed E-state index contributed by atoms with van der Waals surface area (Å²) in [6, 6.07) is 0. The van der Waals surface area contributed by atoms with Crippen LogP contribution < -0.4 is 9.47 Å². The molecular weight excluding hydrogens is 264 g/mol. The SMILES string of the molecule is CCCCOc1c(C)c(C)c2c(c1C)CC[C@@](C)(C=O)O2. The largest absolute Gasteiger partial charge is 0.493 e. The van der Waals surface area contributed by atoms with Gasteiger partial charge in [-0.05, 0) is 63.6 Å². The van der Waals surface area contributed by atoms with Crippen LogP contribution in [0.5, 0.6) is 11.5 Å². The first kappa shape index (κ1) is 15.9.